The molecule has 1 aromatic rings. The van der Waals surface area contributed by atoms with Gasteiger partial charge in [-0.3, -0.25) is 9.59 Å². The number of piperidine rings is 1. The fraction of sp³-hybridized carbons (Fsp3) is 0.591. The molecule has 3 aliphatic rings. The first-order chi connectivity index (χ1) is 13.6. The largest absolute Gasteiger partial charge is 0.452 e. The third-order valence-corrected chi connectivity index (χ3v) is 6.38. The number of likely N-dealkylation sites (tertiary alicyclic amines) is 1. The van der Waals surface area contributed by atoms with Crippen molar-refractivity contribution in [2.75, 3.05) is 24.6 Å². The van der Waals surface area contributed by atoms with Crippen molar-refractivity contribution in [3.05, 3.63) is 29.8 Å². The maximum atomic E-state index is 12.8. The van der Waals surface area contributed by atoms with Crippen molar-refractivity contribution in [1.82, 2.24) is 4.90 Å². The van der Waals surface area contributed by atoms with Crippen LogP contribution >= 0.6 is 0 Å². The van der Waals surface area contributed by atoms with Crippen molar-refractivity contribution in [3.8, 4) is 0 Å². The number of rotatable bonds is 4. The lowest BCUT2D eigenvalue weighted by atomic mass is 9.78. The zero-order valence-corrected chi connectivity index (χ0v) is 16.3. The van der Waals surface area contributed by atoms with Gasteiger partial charge in [0.2, 0.25) is 5.91 Å². The van der Waals surface area contributed by atoms with E-state index in [1.54, 1.807) is 29.2 Å². The quantitative estimate of drug-likeness (QED) is 0.748. The number of hydrogen-bond acceptors (Lipinski definition) is 4. The van der Waals surface area contributed by atoms with Crippen LogP contribution in [0.25, 0.3) is 0 Å². The van der Waals surface area contributed by atoms with Crippen molar-refractivity contribution in [3.63, 3.8) is 0 Å². The smallest absolute Gasteiger partial charge is 0.340 e. The number of carbonyl (C=O) groups excluding carboxylic acids is 3. The van der Waals surface area contributed by atoms with Gasteiger partial charge in [0.05, 0.1) is 11.3 Å². The van der Waals surface area contributed by atoms with E-state index < -0.39 is 5.97 Å². The molecule has 1 aromatic carbocycles. The van der Waals surface area contributed by atoms with E-state index in [1.807, 2.05) is 4.90 Å². The molecule has 3 fully saturated rings. The molecule has 2 saturated heterocycles. The number of para-hydroxylation sites is 1. The Morgan fingerprint density at radius 1 is 1.00 bits per heavy atom. The van der Waals surface area contributed by atoms with E-state index in [2.05, 4.69) is 0 Å². The van der Waals surface area contributed by atoms with Crippen LogP contribution in [0.1, 0.15) is 61.7 Å². The number of fused-ring (bicyclic) bond motifs is 1. The summed E-state index contributed by atoms with van der Waals surface area (Å²) in [4.78, 5) is 41.1. The van der Waals surface area contributed by atoms with Crippen LogP contribution in [-0.2, 0) is 14.3 Å². The van der Waals surface area contributed by atoms with Gasteiger partial charge in [0.1, 0.15) is 0 Å². The normalized spacial score (nSPS) is 24.8. The maximum absolute atomic E-state index is 12.8. The molecule has 2 heterocycles. The number of ether oxygens (including phenoxy) is 1. The maximum Gasteiger partial charge on any atom is 0.340 e. The van der Waals surface area contributed by atoms with Crippen LogP contribution in [0, 0.1) is 5.92 Å². The Morgan fingerprint density at radius 3 is 2.61 bits per heavy atom. The van der Waals surface area contributed by atoms with Gasteiger partial charge >= 0.3 is 5.97 Å². The summed E-state index contributed by atoms with van der Waals surface area (Å²) in [6.45, 7) is 1.14. The number of anilines is 1. The van der Waals surface area contributed by atoms with Crippen LogP contribution < -0.4 is 4.90 Å². The number of nitrogens with zero attached hydrogens (tertiary/aromatic N) is 2. The van der Waals surface area contributed by atoms with E-state index >= 15 is 0 Å². The van der Waals surface area contributed by atoms with Crippen molar-refractivity contribution in [2.24, 2.45) is 5.92 Å². The van der Waals surface area contributed by atoms with Gasteiger partial charge in [-0.1, -0.05) is 25.0 Å². The second-order valence-electron chi connectivity index (χ2n) is 8.08. The van der Waals surface area contributed by atoms with Gasteiger partial charge in [-0.15, -0.1) is 0 Å². The molecule has 6 nitrogen and oxygen atoms in total. The van der Waals surface area contributed by atoms with Gasteiger partial charge in [0.15, 0.2) is 6.61 Å². The Labute approximate surface area is 165 Å². The van der Waals surface area contributed by atoms with Crippen molar-refractivity contribution >= 4 is 23.5 Å². The monoisotopic (exact) mass is 384 g/mol. The van der Waals surface area contributed by atoms with Gasteiger partial charge in [0.25, 0.3) is 5.91 Å². The van der Waals surface area contributed by atoms with Crippen molar-refractivity contribution in [1.29, 1.82) is 0 Å². The zero-order valence-electron chi connectivity index (χ0n) is 16.3. The van der Waals surface area contributed by atoms with Crippen molar-refractivity contribution < 1.29 is 19.1 Å². The molecule has 28 heavy (non-hydrogen) atoms. The second kappa shape index (κ2) is 8.33. The number of benzene rings is 1. The first kappa shape index (κ1) is 19.0. The van der Waals surface area contributed by atoms with E-state index in [1.165, 1.54) is 25.7 Å². The molecule has 0 radical (unpaired) electrons. The molecule has 0 N–H and O–H groups in total. The number of carbonyl (C=O) groups is 3. The third kappa shape index (κ3) is 3.77. The SMILES string of the molecule is O=C(OCC(=O)N1CCC[C@@H]2CCCC[C@H]21)c1ccccc1N1CCCC1=O. The summed E-state index contributed by atoms with van der Waals surface area (Å²) >= 11 is 0. The molecule has 0 aromatic heterocycles. The first-order valence-corrected chi connectivity index (χ1v) is 10.5. The fourth-order valence-electron chi connectivity index (χ4n) is 5.01. The predicted molar refractivity (Wildman–Crippen MR) is 105 cm³/mol. The highest BCUT2D eigenvalue weighted by Gasteiger charge is 2.36. The van der Waals surface area contributed by atoms with Crippen LogP contribution in [0.3, 0.4) is 0 Å². The van der Waals surface area contributed by atoms with Gasteiger partial charge in [-0.05, 0) is 50.2 Å². The highest BCUT2D eigenvalue weighted by atomic mass is 16.5. The van der Waals surface area contributed by atoms with Crippen molar-refractivity contribution in [2.45, 2.75) is 57.4 Å². The lowest BCUT2D eigenvalue weighted by Crippen LogP contribution is -2.50. The molecule has 0 bridgehead atoms. The minimum absolute atomic E-state index is 0.0213. The average molecular weight is 384 g/mol. The molecule has 2 aliphatic heterocycles. The predicted octanol–water partition coefficient (Wildman–Crippen LogP) is 3.15. The van der Waals surface area contributed by atoms with Crippen LogP contribution in [0.5, 0.6) is 0 Å². The molecule has 4 rings (SSSR count). The summed E-state index contributed by atoms with van der Waals surface area (Å²) in [6.07, 6.45) is 8.20. The molecule has 2 amide bonds. The summed E-state index contributed by atoms with van der Waals surface area (Å²) in [5, 5.41) is 0. The summed E-state index contributed by atoms with van der Waals surface area (Å²) in [7, 11) is 0. The Balaban J connectivity index is 1.41. The minimum atomic E-state index is -0.541. The third-order valence-electron chi connectivity index (χ3n) is 6.38. The highest BCUT2D eigenvalue weighted by Crippen LogP contribution is 2.35. The average Bonchev–Trinajstić information content (AvgIpc) is 3.17. The van der Waals surface area contributed by atoms with E-state index in [9.17, 15) is 14.4 Å². The van der Waals surface area contributed by atoms with E-state index in [-0.39, 0.29) is 18.4 Å². The molecule has 150 valence electrons. The zero-order chi connectivity index (χ0) is 19.5. The standard InChI is InChI=1S/C22H28N2O4/c25-20-12-6-14-24(20)19-11-4-2-9-17(19)22(27)28-15-21(26)23-13-5-8-16-7-1-3-10-18(16)23/h2,4,9,11,16,18H,1,3,5-8,10,12-15H2/t16-,18+/m0/s1. The second-order valence-corrected chi connectivity index (χ2v) is 8.08. The lowest BCUT2D eigenvalue weighted by Gasteiger charge is -2.44. The van der Waals surface area contributed by atoms with Gasteiger partial charge in [-0.25, -0.2) is 4.79 Å². The Morgan fingerprint density at radius 2 is 1.79 bits per heavy atom. The Kier molecular flexibility index (Phi) is 5.64. The number of esters is 1. The molecule has 1 saturated carbocycles. The van der Waals surface area contributed by atoms with Crippen LogP contribution in [0.15, 0.2) is 24.3 Å². The topological polar surface area (TPSA) is 66.9 Å². The molecule has 6 heteroatoms. The summed E-state index contributed by atoms with van der Waals surface area (Å²) in [5.74, 6) is -0.0161. The van der Waals surface area contributed by atoms with Gasteiger partial charge < -0.3 is 14.5 Å². The van der Waals surface area contributed by atoms with E-state index in [0.717, 1.165) is 25.8 Å². The lowest BCUT2D eigenvalue weighted by molar-refractivity contribution is -0.140. The molecular weight excluding hydrogens is 356 g/mol. The Bertz CT molecular complexity index is 761. The van der Waals surface area contributed by atoms with Crippen LogP contribution in [-0.4, -0.2) is 48.4 Å². The molecule has 0 spiro atoms. The molecular formula is C22H28N2O4. The molecule has 2 atom stereocenters. The van der Waals surface area contributed by atoms with Crippen LogP contribution in [0.4, 0.5) is 5.69 Å². The summed E-state index contributed by atoms with van der Waals surface area (Å²) < 4.78 is 5.39. The van der Waals surface area contributed by atoms with Gasteiger partial charge in [-0.2, -0.15) is 0 Å². The summed E-state index contributed by atoms with van der Waals surface area (Å²) in [5.41, 5.74) is 0.924. The number of amides is 2. The van der Waals surface area contributed by atoms with E-state index in [0.29, 0.717) is 36.2 Å². The highest BCUT2D eigenvalue weighted by molar-refractivity contribution is 6.03. The Hall–Kier alpha value is -2.37. The fourth-order valence-corrected chi connectivity index (χ4v) is 5.01. The molecule has 0 unspecified atom stereocenters. The molecule has 1 aliphatic carbocycles. The van der Waals surface area contributed by atoms with Crippen LogP contribution in [0.2, 0.25) is 0 Å². The first-order valence-electron chi connectivity index (χ1n) is 10.5. The summed E-state index contributed by atoms with van der Waals surface area (Å²) in [6, 6.07) is 7.28. The van der Waals surface area contributed by atoms with Gasteiger partial charge in [0, 0.05) is 25.6 Å². The van der Waals surface area contributed by atoms with E-state index in [4.69, 9.17) is 4.74 Å². The minimum Gasteiger partial charge on any atom is -0.452 e. The number of hydrogen-bond donors (Lipinski definition) is 0.